The Bertz CT molecular complexity index is 814. The van der Waals surface area contributed by atoms with Gasteiger partial charge in [0, 0.05) is 23.7 Å². The fraction of sp³-hybridized carbons (Fsp3) is 0.188. The Hall–Kier alpha value is -1.12. The highest BCUT2D eigenvalue weighted by molar-refractivity contribution is 7.91. The van der Waals surface area contributed by atoms with E-state index in [0.717, 1.165) is 0 Å². The summed E-state index contributed by atoms with van der Waals surface area (Å²) in [5, 5.41) is 3.41. The van der Waals surface area contributed by atoms with Crippen molar-refractivity contribution in [2.75, 3.05) is 12.8 Å². The molecule has 26 heavy (non-hydrogen) atoms. The summed E-state index contributed by atoms with van der Waals surface area (Å²) in [6.07, 6.45) is -4.59. The number of nitrogens with zero attached hydrogens (tertiary/aromatic N) is 1. The van der Waals surface area contributed by atoms with Crippen LogP contribution in [0.5, 0.6) is 0 Å². The van der Waals surface area contributed by atoms with Crippen molar-refractivity contribution in [3.63, 3.8) is 0 Å². The van der Waals surface area contributed by atoms with Crippen LogP contribution < -0.4 is 5.32 Å². The quantitative estimate of drug-likeness (QED) is 0.379. The molecular weight excluding hydrogens is 432 g/mol. The van der Waals surface area contributed by atoms with Crippen LogP contribution in [0.25, 0.3) is 0 Å². The molecule has 0 aliphatic heterocycles. The summed E-state index contributed by atoms with van der Waals surface area (Å²) in [5.74, 6) is -1.11. The number of nitrogens with one attached hydrogen (secondary N) is 1. The van der Waals surface area contributed by atoms with E-state index < -0.39 is 23.1 Å². The molecule has 3 nitrogen and oxygen atoms in total. The van der Waals surface area contributed by atoms with Crippen molar-refractivity contribution < 1.29 is 17.7 Å². The molecule has 0 spiro atoms. The van der Waals surface area contributed by atoms with Crippen LogP contribution in [0, 0.1) is 0 Å². The van der Waals surface area contributed by atoms with E-state index in [2.05, 4.69) is 10.3 Å². The minimum atomic E-state index is -4.59. The van der Waals surface area contributed by atoms with E-state index in [9.17, 15) is 17.7 Å². The van der Waals surface area contributed by atoms with Crippen LogP contribution >= 0.6 is 34.8 Å². The summed E-state index contributed by atoms with van der Waals surface area (Å²) >= 11 is 15.5. The normalized spacial score (nSPS) is 13.6. The smallest absolute Gasteiger partial charge is 0.433 e. The average Bonchev–Trinajstić information content (AvgIpc) is 2.53. The molecule has 2 aromatic rings. The number of hydrogen-bond donors (Lipinski definition) is 1. The predicted molar refractivity (Wildman–Crippen MR) is 101 cm³/mol. The van der Waals surface area contributed by atoms with Gasteiger partial charge >= 0.3 is 6.18 Å². The van der Waals surface area contributed by atoms with Gasteiger partial charge in [-0.2, -0.15) is 13.2 Å². The molecule has 0 bridgehead atoms. The van der Waals surface area contributed by atoms with Gasteiger partial charge in [0.15, 0.2) is 4.90 Å². The third-order valence-corrected chi connectivity index (χ3v) is 5.53. The first-order chi connectivity index (χ1) is 12.1. The Balaban J connectivity index is 2.45. The van der Waals surface area contributed by atoms with Crippen molar-refractivity contribution in [3.05, 3.63) is 57.0 Å². The number of aliphatic imine (C=N–C) groups is 1. The second kappa shape index (κ2) is 8.71. The van der Waals surface area contributed by atoms with Crippen molar-refractivity contribution in [2.45, 2.75) is 11.1 Å². The Morgan fingerprint density at radius 2 is 1.73 bits per heavy atom. The highest BCUT2D eigenvalue weighted by atomic mass is 35.5. The summed E-state index contributed by atoms with van der Waals surface area (Å²) in [4.78, 5) is 4.13. The molecule has 1 N–H and O–H groups in total. The number of halogens is 6. The first-order valence-corrected chi connectivity index (χ1v) is 9.52. The van der Waals surface area contributed by atoms with Gasteiger partial charge in [-0.25, -0.2) is 4.99 Å². The van der Waals surface area contributed by atoms with Gasteiger partial charge in [0.05, 0.1) is 15.7 Å². The van der Waals surface area contributed by atoms with Crippen LogP contribution in [0.4, 0.5) is 18.9 Å². The lowest BCUT2D eigenvalue weighted by Crippen LogP contribution is -2.23. The molecule has 140 valence electrons. The average molecular weight is 444 g/mol. The van der Waals surface area contributed by atoms with Crippen molar-refractivity contribution >= 4 is 57.5 Å². The van der Waals surface area contributed by atoms with E-state index in [1.54, 1.807) is 31.3 Å². The summed E-state index contributed by atoms with van der Waals surface area (Å²) in [6.45, 7) is 0. The topological polar surface area (TPSA) is 47.5 Å². The van der Waals surface area contributed by atoms with Gasteiger partial charge < -0.3 is 9.87 Å². The molecule has 0 saturated carbocycles. The summed E-state index contributed by atoms with van der Waals surface area (Å²) in [7, 11) is 1.62. The second-order valence-corrected chi connectivity index (χ2v) is 7.73. The molecule has 2 rings (SSSR count). The molecule has 0 fully saturated rings. The SMILES string of the molecule is CN/C(=N\c1cc([S+]([O-])CC(F)(F)F)c(Cl)cc1Cl)c1ccc(Cl)cc1. The molecular formula is C16H12Cl3F3N2OS. The molecule has 1 atom stereocenters. The predicted octanol–water partition coefficient (Wildman–Crippen LogP) is 5.61. The minimum Gasteiger partial charge on any atom is -0.611 e. The minimum absolute atomic E-state index is 0.115. The molecule has 0 saturated heterocycles. The molecule has 1 unspecified atom stereocenters. The van der Waals surface area contributed by atoms with Gasteiger partial charge in [0.2, 0.25) is 5.75 Å². The first-order valence-electron chi connectivity index (χ1n) is 7.07. The largest absolute Gasteiger partial charge is 0.611 e. The van der Waals surface area contributed by atoms with Crippen molar-refractivity contribution in [3.8, 4) is 0 Å². The molecule has 0 aromatic heterocycles. The van der Waals surface area contributed by atoms with Gasteiger partial charge in [-0.3, -0.25) is 0 Å². The number of benzene rings is 2. The number of amidine groups is 1. The van der Waals surface area contributed by atoms with Crippen molar-refractivity contribution in [1.29, 1.82) is 0 Å². The summed E-state index contributed by atoms with van der Waals surface area (Å²) < 4.78 is 49.5. The van der Waals surface area contributed by atoms with E-state index in [1.165, 1.54) is 12.1 Å². The molecule has 0 heterocycles. The highest BCUT2D eigenvalue weighted by Gasteiger charge is 2.36. The second-order valence-electron chi connectivity index (χ2n) is 5.06. The number of alkyl halides is 3. The Labute approximate surface area is 166 Å². The monoisotopic (exact) mass is 442 g/mol. The van der Waals surface area contributed by atoms with Crippen LogP contribution in [-0.2, 0) is 11.2 Å². The van der Waals surface area contributed by atoms with E-state index in [4.69, 9.17) is 34.8 Å². The molecule has 0 amide bonds. The van der Waals surface area contributed by atoms with Crippen LogP contribution in [-0.4, -0.2) is 29.4 Å². The molecule has 0 aliphatic carbocycles. The van der Waals surface area contributed by atoms with Crippen LogP contribution in [0.3, 0.4) is 0 Å². The Morgan fingerprint density at radius 1 is 1.12 bits per heavy atom. The summed E-state index contributed by atoms with van der Waals surface area (Å²) in [6, 6.07) is 9.17. The fourth-order valence-electron chi connectivity index (χ4n) is 2.00. The number of rotatable bonds is 4. The van der Waals surface area contributed by atoms with Gasteiger partial charge in [-0.1, -0.05) is 34.8 Å². The van der Waals surface area contributed by atoms with Crippen LogP contribution in [0.2, 0.25) is 15.1 Å². The first kappa shape index (κ1) is 21.2. The molecule has 0 radical (unpaired) electrons. The van der Waals surface area contributed by atoms with Gasteiger partial charge in [-0.15, -0.1) is 0 Å². The third kappa shape index (κ3) is 5.69. The summed E-state index contributed by atoms with van der Waals surface area (Å²) in [5.41, 5.74) is 0.821. The van der Waals surface area contributed by atoms with E-state index in [0.29, 0.717) is 16.4 Å². The lowest BCUT2D eigenvalue weighted by molar-refractivity contribution is -0.106. The standard InChI is InChI=1S/C16H12Cl3F3N2OS/c1-23-15(9-2-4-10(17)5-3-9)24-13-7-14(12(19)6-11(13)18)26(25)8-16(20,21)22/h2-7H,8H2,1H3,(H,23,24). The molecule has 2 aromatic carbocycles. The van der Waals surface area contributed by atoms with Gasteiger partial charge in [0.25, 0.3) is 0 Å². The Morgan fingerprint density at radius 3 is 2.27 bits per heavy atom. The lowest BCUT2D eigenvalue weighted by Gasteiger charge is -2.15. The molecule has 10 heteroatoms. The highest BCUT2D eigenvalue weighted by Crippen LogP contribution is 2.36. The van der Waals surface area contributed by atoms with Crippen molar-refractivity contribution in [1.82, 2.24) is 5.32 Å². The zero-order valence-corrected chi connectivity index (χ0v) is 16.3. The Kier molecular flexibility index (Phi) is 7.10. The zero-order chi connectivity index (χ0) is 19.5. The van der Waals surface area contributed by atoms with Gasteiger partial charge in [-0.05, 0) is 41.5 Å². The maximum absolute atomic E-state index is 12.5. The van der Waals surface area contributed by atoms with E-state index in [1.807, 2.05) is 0 Å². The third-order valence-electron chi connectivity index (χ3n) is 3.13. The van der Waals surface area contributed by atoms with Crippen LogP contribution in [0.1, 0.15) is 5.56 Å². The van der Waals surface area contributed by atoms with E-state index in [-0.39, 0.29) is 20.6 Å². The fourth-order valence-corrected chi connectivity index (χ4v) is 3.78. The maximum Gasteiger partial charge on any atom is 0.433 e. The lowest BCUT2D eigenvalue weighted by atomic mass is 10.2. The zero-order valence-electron chi connectivity index (χ0n) is 13.2. The van der Waals surface area contributed by atoms with Crippen molar-refractivity contribution in [2.24, 2.45) is 4.99 Å². The molecule has 0 aliphatic rings. The van der Waals surface area contributed by atoms with Crippen LogP contribution in [0.15, 0.2) is 46.3 Å². The maximum atomic E-state index is 12.5. The van der Waals surface area contributed by atoms with Gasteiger partial charge in [0.1, 0.15) is 5.84 Å². The van der Waals surface area contributed by atoms with E-state index >= 15 is 0 Å². The number of hydrogen-bond acceptors (Lipinski definition) is 2.